The number of hydrogen-bond donors (Lipinski definition) is 1. The number of nitrogens with one attached hydrogen (secondary N) is 1. The van der Waals surface area contributed by atoms with E-state index in [0.717, 1.165) is 37.4 Å². The number of esters is 1. The first-order valence-corrected chi connectivity index (χ1v) is 8.30. The first-order valence-electron chi connectivity index (χ1n) is 8.30. The Morgan fingerprint density at radius 1 is 1.25 bits per heavy atom. The SMILES string of the molecule is COC(=O)c1ccc(N2CCCC(Nc3ccccc3)C2)nc1C. The summed E-state index contributed by atoms with van der Waals surface area (Å²) in [5.41, 5.74) is 2.38. The topological polar surface area (TPSA) is 54.5 Å². The maximum absolute atomic E-state index is 11.7. The molecule has 2 aromatic rings. The van der Waals surface area contributed by atoms with Gasteiger partial charge in [-0.05, 0) is 44.0 Å². The molecule has 1 N–H and O–H groups in total. The van der Waals surface area contributed by atoms with Crippen molar-refractivity contribution in [3.63, 3.8) is 0 Å². The van der Waals surface area contributed by atoms with E-state index in [1.807, 2.05) is 31.2 Å². The lowest BCUT2D eigenvalue weighted by molar-refractivity contribution is 0.0599. The molecule has 3 rings (SSSR count). The van der Waals surface area contributed by atoms with Crippen molar-refractivity contribution >= 4 is 17.5 Å². The lowest BCUT2D eigenvalue weighted by Gasteiger charge is -2.34. The van der Waals surface area contributed by atoms with Crippen LogP contribution >= 0.6 is 0 Å². The summed E-state index contributed by atoms with van der Waals surface area (Å²) in [4.78, 5) is 18.6. The summed E-state index contributed by atoms with van der Waals surface area (Å²) in [7, 11) is 1.39. The molecule has 126 valence electrons. The Labute approximate surface area is 142 Å². The average molecular weight is 325 g/mol. The van der Waals surface area contributed by atoms with Crippen molar-refractivity contribution in [2.45, 2.75) is 25.8 Å². The first-order chi connectivity index (χ1) is 11.7. The Morgan fingerprint density at radius 3 is 2.75 bits per heavy atom. The molecule has 0 saturated carbocycles. The Bertz CT molecular complexity index is 703. The molecule has 5 nitrogen and oxygen atoms in total. The number of hydrogen-bond acceptors (Lipinski definition) is 5. The molecule has 1 saturated heterocycles. The number of aromatic nitrogens is 1. The zero-order valence-electron chi connectivity index (χ0n) is 14.2. The normalized spacial score (nSPS) is 17.4. The van der Waals surface area contributed by atoms with Gasteiger partial charge in [-0.3, -0.25) is 0 Å². The van der Waals surface area contributed by atoms with Crippen molar-refractivity contribution in [2.75, 3.05) is 30.4 Å². The third kappa shape index (κ3) is 3.67. The molecule has 0 bridgehead atoms. The summed E-state index contributed by atoms with van der Waals surface area (Å²) in [5.74, 6) is 0.577. The average Bonchev–Trinajstić information content (AvgIpc) is 2.62. The minimum Gasteiger partial charge on any atom is -0.465 e. The molecule has 1 fully saturated rings. The van der Waals surface area contributed by atoms with Gasteiger partial charge in [-0.15, -0.1) is 0 Å². The van der Waals surface area contributed by atoms with Gasteiger partial charge in [0, 0.05) is 24.8 Å². The number of aryl methyl sites for hydroxylation is 1. The molecule has 0 amide bonds. The minimum absolute atomic E-state index is 0.339. The molecule has 1 unspecified atom stereocenters. The molecule has 0 radical (unpaired) electrons. The smallest absolute Gasteiger partial charge is 0.339 e. The molecule has 1 aromatic carbocycles. The Kier molecular flexibility index (Phi) is 4.99. The van der Waals surface area contributed by atoms with Crippen LogP contribution in [0, 0.1) is 6.92 Å². The summed E-state index contributed by atoms with van der Waals surface area (Å²) < 4.78 is 4.78. The van der Waals surface area contributed by atoms with Crippen LogP contribution in [0.4, 0.5) is 11.5 Å². The van der Waals surface area contributed by atoms with Crippen LogP contribution < -0.4 is 10.2 Å². The number of benzene rings is 1. The van der Waals surface area contributed by atoms with Crippen LogP contribution in [0.25, 0.3) is 0 Å². The fourth-order valence-corrected chi connectivity index (χ4v) is 3.12. The minimum atomic E-state index is -0.339. The van der Waals surface area contributed by atoms with Crippen LogP contribution in [0.5, 0.6) is 0 Å². The van der Waals surface area contributed by atoms with Crippen molar-refractivity contribution in [2.24, 2.45) is 0 Å². The van der Waals surface area contributed by atoms with Gasteiger partial charge in [0.25, 0.3) is 0 Å². The van der Waals surface area contributed by atoms with E-state index in [4.69, 9.17) is 4.74 Å². The number of ether oxygens (including phenoxy) is 1. The van der Waals surface area contributed by atoms with Crippen molar-refractivity contribution < 1.29 is 9.53 Å². The van der Waals surface area contributed by atoms with Gasteiger partial charge in [0.1, 0.15) is 5.82 Å². The summed E-state index contributed by atoms with van der Waals surface area (Å²) >= 11 is 0. The molecular weight excluding hydrogens is 302 g/mol. The van der Waals surface area contributed by atoms with E-state index < -0.39 is 0 Å². The van der Waals surface area contributed by atoms with E-state index in [0.29, 0.717) is 17.3 Å². The van der Waals surface area contributed by atoms with E-state index >= 15 is 0 Å². The second-order valence-corrected chi connectivity index (χ2v) is 6.09. The van der Waals surface area contributed by atoms with Crippen LogP contribution in [-0.2, 0) is 4.74 Å². The van der Waals surface area contributed by atoms with Crippen molar-refractivity contribution in [3.8, 4) is 0 Å². The molecule has 1 aliphatic rings. The van der Waals surface area contributed by atoms with Gasteiger partial charge >= 0.3 is 5.97 Å². The van der Waals surface area contributed by atoms with Crippen LogP contribution in [-0.4, -0.2) is 37.2 Å². The zero-order valence-corrected chi connectivity index (χ0v) is 14.2. The molecule has 5 heteroatoms. The predicted molar refractivity (Wildman–Crippen MR) is 95.6 cm³/mol. The molecule has 1 aromatic heterocycles. The van der Waals surface area contributed by atoms with Gasteiger partial charge in [0.15, 0.2) is 0 Å². The van der Waals surface area contributed by atoms with E-state index in [1.54, 1.807) is 6.07 Å². The number of nitrogens with zero attached hydrogens (tertiary/aromatic N) is 2. The van der Waals surface area contributed by atoms with Crippen LogP contribution in [0.3, 0.4) is 0 Å². The predicted octanol–water partition coefficient (Wildman–Crippen LogP) is 3.26. The third-order valence-electron chi connectivity index (χ3n) is 4.37. The van der Waals surface area contributed by atoms with Gasteiger partial charge in [0.05, 0.1) is 18.4 Å². The van der Waals surface area contributed by atoms with Crippen LogP contribution in [0.15, 0.2) is 42.5 Å². The lowest BCUT2D eigenvalue weighted by Crippen LogP contribution is -2.42. The number of carbonyl (C=O) groups is 1. The lowest BCUT2D eigenvalue weighted by atomic mass is 10.0. The largest absolute Gasteiger partial charge is 0.465 e. The number of rotatable bonds is 4. The summed E-state index contributed by atoms with van der Waals surface area (Å²) in [6.07, 6.45) is 2.26. The molecule has 1 aliphatic heterocycles. The summed E-state index contributed by atoms with van der Waals surface area (Å²) in [5, 5.41) is 3.59. The Hall–Kier alpha value is -2.56. The fourth-order valence-electron chi connectivity index (χ4n) is 3.12. The quantitative estimate of drug-likeness (QED) is 0.875. The second-order valence-electron chi connectivity index (χ2n) is 6.09. The molecule has 1 atom stereocenters. The zero-order chi connectivity index (χ0) is 16.9. The van der Waals surface area contributed by atoms with Gasteiger partial charge in [-0.2, -0.15) is 0 Å². The highest BCUT2D eigenvalue weighted by atomic mass is 16.5. The van der Waals surface area contributed by atoms with E-state index in [9.17, 15) is 4.79 Å². The highest BCUT2D eigenvalue weighted by molar-refractivity contribution is 5.90. The highest BCUT2D eigenvalue weighted by Gasteiger charge is 2.22. The molecule has 24 heavy (non-hydrogen) atoms. The first kappa shape index (κ1) is 16.3. The monoisotopic (exact) mass is 325 g/mol. The van der Waals surface area contributed by atoms with Gasteiger partial charge in [0.2, 0.25) is 0 Å². The summed E-state index contributed by atoms with van der Waals surface area (Å²) in [6, 6.07) is 14.4. The number of para-hydroxylation sites is 1. The number of carbonyl (C=O) groups excluding carboxylic acids is 1. The molecule has 2 heterocycles. The molecule has 0 aliphatic carbocycles. The molecule has 0 spiro atoms. The maximum atomic E-state index is 11.7. The van der Waals surface area contributed by atoms with E-state index in [-0.39, 0.29) is 5.97 Å². The third-order valence-corrected chi connectivity index (χ3v) is 4.37. The Balaban J connectivity index is 1.70. The highest BCUT2D eigenvalue weighted by Crippen LogP contribution is 2.22. The Morgan fingerprint density at radius 2 is 2.04 bits per heavy atom. The maximum Gasteiger partial charge on any atom is 0.339 e. The fraction of sp³-hybridized carbons (Fsp3) is 0.368. The van der Waals surface area contributed by atoms with Crippen molar-refractivity contribution in [3.05, 3.63) is 53.7 Å². The number of anilines is 2. The summed E-state index contributed by atoms with van der Waals surface area (Å²) in [6.45, 7) is 3.73. The van der Waals surface area contributed by atoms with E-state index in [2.05, 4.69) is 27.3 Å². The standard InChI is InChI=1S/C19H23N3O2/c1-14-17(19(23)24-2)10-11-18(20-14)22-12-6-9-16(13-22)21-15-7-4-3-5-8-15/h3-5,7-8,10-11,16,21H,6,9,12-13H2,1-2H3. The van der Waals surface area contributed by atoms with Crippen LogP contribution in [0.2, 0.25) is 0 Å². The molecular formula is C19H23N3O2. The number of piperidine rings is 1. The van der Waals surface area contributed by atoms with Gasteiger partial charge < -0.3 is 15.0 Å². The van der Waals surface area contributed by atoms with E-state index in [1.165, 1.54) is 7.11 Å². The number of methoxy groups -OCH3 is 1. The second kappa shape index (κ2) is 7.34. The number of pyridine rings is 1. The van der Waals surface area contributed by atoms with Crippen LogP contribution in [0.1, 0.15) is 28.9 Å². The van der Waals surface area contributed by atoms with Crippen molar-refractivity contribution in [1.29, 1.82) is 0 Å². The van der Waals surface area contributed by atoms with Crippen molar-refractivity contribution in [1.82, 2.24) is 4.98 Å². The van der Waals surface area contributed by atoms with Gasteiger partial charge in [-0.25, -0.2) is 9.78 Å². The van der Waals surface area contributed by atoms with Gasteiger partial charge in [-0.1, -0.05) is 18.2 Å².